The van der Waals surface area contributed by atoms with Crippen LogP contribution in [0.25, 0.3) is 0 Å². The van der Waals surface area contributed by atoms with Crippen LogP contribution < -0.4 is 0 Å². The lowest BCUT2D eigenvalue weighted by Crippen LogP contribution is -2.29. The van der Waals surface area contributed by atoms with E-state index in [0.29, 0.717) is 12.8 Å². The summed E-state index contributed by atoms with van der Waals surface area (Å²) in [6.07, 6.45) is 49.1. The first-order chi connectivity index (χ1) is 25.3. The maximum absolute atomic E-state index is 12.4. The molecular weight excluding hydrogens is 675 g/mol. The molecule has 0 aliphatic heterocycles. The van der Waals surface area contributed by atoms with E-state index in [2.05, 4.69) is 91.3 Å². The van der Waals surface area contributed by atoms with Crippen LogP contribution in [0.3, 0.4) is 0 Å². The lowest BCUT2D eigenvalue weighted by atomic mass is 10.1. The summed E-state index contributed by atoms with van der Waals surface area (Å²) in [5.74, 6) is -0.953. The van der Waals surface area contributed by atoms with E-state index in [1.807, 2.05) is 0 Å². The third-order valence-corrected chi connectivity index (χ3v) is 8.69. The minimum absolute atomic E-state index is 0.171. The molecule has 8 nitrogen and oxygen atoms in total. The molecule has 298 valence electrons. The van der Waals surface area contributed by atoms with E-state index in [1.54, 1.807) is 0 Å². The van der Waals surface area contributed by atoms with E-state index < -0.39 is 32.5 Å². The number of rotatable bonds is 36. The Hall–Kier alpha value is -2.51. The number of unbranched alkanes of at least 4 members (excludes halogenated alkanes) is 14. The molecule has 0 spiro atoms. The largest absolute Gasteiger partial charge is 0.469 e. The molecule has 0 saturated heterocycles. The van der Waals surface area contributed by atoms with Crippen molar-refractivity contribution in [2.45, 2.75) is 174 Å². The van der Waals surface area contributed by atoms with Crippen molar-refractivity contribution in [2.24, 2.45) is 0 Å². The fourth-order valence-electron chi connectivity index (χ4n) is 5.22. The highest BCUT2D eigenvalue weighted by Crippen LogP contribution is 2.36. The molecule has 0 rings (SSSR count). The number of esters is 2. The van der Waals surface area contributed by atoms with Crippen molar-refractivity contribution in [2.75, 3.05) is 13.2 Å². The molecule has 0 aromatic carbocycles. The number of phosphoric acid groups is 1. The maximum atomic E-state index is 12.4. The van der Waals surface area contributed by atoms with Crippen LogP contribution in [0.5, 0.6) is 0 Å². The highest BCUT2D eigenvalue weighted by atomic mass is 31.2. The second-order valence-corrected chi connectivity index (χ2v) is 14.5. The summed E-state index contributed by atoms with van der Waals surface area (Å²) in [7, 11) is -4.77. The second-order valence-electron chi connectivity index (χ2n) is 13.2. The molecule has 0 aromatic heterocycles. The molecule has 0 fully saturated rings. The van der Waals surface area contributed by atoms with Gasteiger partial charge in [0.25, 0.3) is 0 Å². The molecule has 0 heterocycles. The molecular formula is C43H73O8P. The van der Waals surface area contributed by atoms with Crippen LogP contribution in [0.2, 0.25) is 0 Å². The number of hydrogen-bond donors (Lipinski definition) is 2. The summed E-state index contributed by atoms with van der Waals surface area (Å²) in [4.78, 5) is 42.8. The van der Waals surface area contributed by atoms with Gasteiger partial charge in [-0.15, -0.1) is 0 Å². The van der Waals surface area contributed by atoms with Gasteiger partial charge in [-0.25, -0.2) is 4.57 Å². The molecule has 0 aliphatic rings. The topological polar surface area (TPSA) is 119 Å². The van der Waals surface area contributed by atoms with E-state index in [0.717, 1.165) is 70.6 Å². The summed E-state index contributed by atoms with van der Waals surface area (Å²) in [6.45, 7) is 3.51. The van der Waals surface area contributed by atoms with Crippen LogP contribution in [-0.4, -0.2) is 41.0 Å². The minimum Gasteiger partial charge on any atom is -0.462 e. The van der Waals surface area contributed by atoms with Crippen molar-refractivity contribution < 1.29 is 37.9 Å². The molecule has 2 N–H and O–H groups in total. The Morgan fingerprint density at radius 1 is 0.519 bits per heavy atom. The summed E-state index contributed by atoms with van der Waals surface area (Å²) >= 11 is 0. The highest BCUT2D eigenvalue weighted by Gasteiger charge is 2.22. The van der Waals surface area contributed by atoms with Gasteiger partial charge >= 0.3 is 19.8 Å². The first kappa shape index (κ1) is 49.5. The quantitative estimate of drug-likeness (QED) is 0.0281. The molecule has 0 saturated carbocycles. The van der Waals surface area contributed by atoms with Gasteiger partial charge in [0.1, 0.15) is 6.61 Å². The summed E-state index contributed by atoms with van der Waals surface area (Å²) in [5.41, 5.74) is 0. The third-order valence-electron chi connectivity index (χ3n) is 8.21. The van der Waals surface area contributed by atoms with Crippen LogP contribution in [0.4, 0.5) is 0 Å². The van der Waals surface area contributed by atoms with E-state index in [-0.39, 0.29) is 19.4 Å². The molecule has 0 unspecified atom stereocenters. The zero-order valence-electron chi connectivity index (χ0n) is 32.7. The Kier molecular flexibility index (Phi) is 36.4. The second kappa shape index (κ2) is 38.2. The SMILES string of the molecule is CC/C=C/C/C=C/C/C=C/C/C=C/C/C=C/CCCCCC(=O)OC[C@H](COP(=O)(O)O)OC(=O)CCCC/C=C/CCCCCCCCCCC. The van der Waals surface area contributed by atoms with E-state index in [9.17, 15) is 14.2 Å². The van der Waals surface area contributed by atoms with Gasteiger partial charge < -0.3 is 19.3 Å². The van der Waals surface area contributed by atoms with Gasteiger partial charge in [-0.2, -0.15) is 0 Å². The van der Waals surface area contributed by atoms with Gasteiger partial charge in [-0.3, -0.25) is 14.1 Å². The molecule has 0 aromatic rings. The van der Waals surface area contributed by atoms with Gasteiger partial charge in [-0.1, -0.05) is 145 Å². The van der Waals surface area contributed by atoms with Gasteiger partial charge in [0.2, 0.25) is 0 Å². The standard InChI is InChI=1S/C43H73O8P/c1-3-5-7-9-11-13-15-17-19-20-21-22-24-25-27-29-31-33-35-37-42(44)49-39-41(40-50-52(46,47)48)51-43(45)38-36-34-32-30-28-26-23-18-16-14-12-10-8-6-4-2/h5,7,11,13,17,19,21-22,25,27-28,30,41H,3-4,6,8-10,12,14-16,18,20,23-24,26,29,31-40H2,1-2H3,(H2,46,47,48)/b7-5+,13-11+,19-17+,22-21+,27-25+,30-28+/t41-/m1/s1. The Bertz CT molecular complexity index is 1070. The minimum atomic E-state index is -4.77. The van der Waals surface area contributed by atoms with Crippen molar-refractivity contribution in [1.29, 1.82) is 0 Å². The highest BCUT2D eigenvalue weighted by molar-refractivity contribution is 7.46. The fourth-order valence-corrected chi connectivity index (χ4v) is 5.58. The number of allylic oxidation sites excluding steroid dienone is 12. The zero-order chi connectivity index (χ0) is 38.2. The Morgan fingerprint density at radius 2 is 0.923 bits per heavy atom. The number of ether oxygens (including phenoxy) is 2. The van der Waals surface area contributed by atoms with Gasteiger partial charge in [0.15, 0.2) is 6.10 Å². The molecule has 0 aliphatic carbocycles. The van der Waals surface area contributed by atoms with Crippen LogP contribution in [0.15, 0.2) is 72.9 Å². The normalized spacial score (nSPS) is 13.2. The van der Waals surface area contributed by atoms with Crippen LogP contribution >= 0.6 is 7.82 Å². The van der Waals surface area contributed by atoms with Crippen molar-refractivity contribution in [3.8, 4) is 0 Å². The Balaban J connectivity index is 4.05. The molecule has 1 atom stereocenters. The lowest BCUT2D eigenvalue weighted by Gasteiger charge is -2.18. The first-order valence-electron chi connectivity index (χ1n) is 20.2. The van der Waals surface area contributed by atoms with E-state index >= 15 is 0 Å². The summed E-state index contributed by atoms with van der Waals surface area (Å²) in [6, 6.07) is 0. The van der Waals surface area contributed by atoms with Crippen molar-refractivity contribution in [3.63, 3.8) is 0 Å². The number of carbonyl (C=O) groups excluding carboxylic acids is 2. The monoisotopic (exact) mass is 749 g/mol. The average molecular weight is 749 g/mol. The average Bonchev–Trinajstić information content (AvgIpc) is 3.11. The maximum Gasteiger partial charge on any atom is 0.469 e. The van der Waals surface area contributed by atoms with Crippen molar-refractivity contribution in [1.82, 2.24) is 0 Å². The van der Waals surface area contributed by atoms with Gasteiger partial charge in [0, 0.05) is 12.8 Å². The molecule has 0 amide bonds. The van der Waals surface area contributed by atoms with Crippen LogP contribution in [0, 0.1) is 0 Å². The van der Waals surface area contributed by atoms with Crippen molar-refractivity contribution >= 4 is 19.8 Å². The van der Waals surface area contributed by atoms with Gasteiger partial charge in [-0.05, 0) is 83.5 Å². The van der Waals surface area contributed by atoms with Crippen LogP contribution in [-0.2, 0) is 28.2 Å². The van der Waals surface area contributed by atoms with Crippen molar-refractivity contribution in [3.05, 3.63) is 72.9 Å². The predicted octanol–water partition coefficient (Wildman–Crippen LogP) is 12.3. The van der Waals surface area contributed by atoms with E-state index in [4.69, 9.17) is 19.3 Å². The number of carbonyl (C=O) groups is 2. The predicted molar refractivity (Wildman–Crippen MR) is 216 cm³/mol. The lowest BCUT2D eigenvalue weighted by molar-refractivity contribution is -0.161. The van der Waals surface area contributed by atoms with Crippen LogP contribution in [0.1, 0.15) is 168 Å². The fraction of sp³-hybridized carbons (Fsp3) is 0.674. The smallest absolute Gasteiger partial charge is 0.462 e. The van der Waals surface area contributed by atoms with E-state index in [1.165, 1.54) is 57.8 Å². The molecule has 9 heteroatoms. The Morgan fingerprint density at radius 3 is 1.44 bits per heavy atom. The molecule has 0 bridgehead atoms. The zero-order valence-corrected chi connectivity index (χ0v) is 33.6. The Labute approximate surface area is 317 Å². The first-order valence-corrected chi connectivity index (χ1v) is 21.8. The molecule has 0 radical (unpaired) electrons. The van der Waals surface area contributed by atoms with Gasteiger partial charge in [0.05, 0.1) is 6.61 Å². The third kappa shape index (κ3) is 40.3. The molecule has 52 heavy (non-hydrogen) atoms. The number of hydrogen-bond acceptors (Lipinski definition) is 6. The number of phosphoric ester groups is 1. The summed E-state index contributed by atoms with van der Waals surface area (Å²) < 4.78 is 26.3. The summed E-state index contributed by atoms with van der Waals surface area (Å²) in [5, 5.41) is 0.